The Morgan fingerprint density at radius 1 is 1.56 bits per heavy atom. The van der Waals surface area contributed by atoms with Crippen molar-refractivity contribution in [3.05, 3.63) is 28.4 Å². The van der Waals surface area contributed by atoms with Crippen LogP contribution in [-0.2, 0) is 11.3 Å². The molecule has 0 aliphatic carbocycles. The van der Waals surface area contributed by atoms with Gasteiger partial charge in [-0.05, 0) is 26.8 Å². The Morgan fingerprint density at radius 3 is 2.75 bits per heavy atom. The average molecular weight is 238 g/mol. The Balaban J connectivity index is 2.41. The lowest BCUT2D eigenvalue weighted by Crippen LogP contribution is -2.31. The lowest BCUT2D eigenvalue weighted by atomic mass is 10.2. The minimum Gasteiger partial charge on any atom is -0.444 e. The monoisotopic (exact) mass is 238 g/mol. The van der Waals surface area contributed by atoms with E-state index in [9.17, 15) is 4.79 Å². The maximum Gasteiger partial charge on any atom is 0.407 e. The molecular formula is C11H14N2O2S. The van der Waals surface area contributed by atoms with Gasteiger partial charge < -0.3 is 10.1 Å². The average Bonchev–Trinajstić information content (AvgIpc) is 2.59. The molecule has 0 aliphatic heterocycles. The summed E-state index contributed by atoms with van der Waals surface area (Å²) in [4.78, 5) is 15.6. The molecule has 0 saturated heterocycles. The molecule has 1 aromatic rings. The van der Waals surface area contributed by atoms with E-state index < -0.39 is 11.7 Å². The molecule has 0 bridgehead atoms. The van der Waals surface area contributed by atoms with E-state index in [4.69, 9.17) is 11.3 Å². The van der Waals surface area contributed by atoms with E-state index in [2.05, 4.69) is 10.2 Å². The summed E-state index contributed by atoms with van der Waals surface area (Å²) in [5.74, 6) is 0. The fraction of sp³-hybridized carbons (Fsp3) is 0.455. The standard InChI is InChI=1S/C11H14N2O2S/c1-11(2,3)15-10(14)13-7-8-5-6-9(12-4)16-8/h5-6H,7H2,1-3H3,(H,13,14). The first-order valence-electron chi connectivity index (χ1n) is 4.84. The van der Waals surface area contributed by atoms with Crippen molar-refractivity contribution in [2.75, 3.05) is 0 Å². The fourth-order valence-electron chi connectivity index (χ4n) is 0.995. The Kier molecular flexibility index (Phi) is 3.91. The van der Waals surface area contributed by atoms with E-state index in [-0.39, 0.29) is 0 Å². The van der Waals surface area contributed by atoms with Gasteiger partial charge >= 0.3 is 6.09 Å². The molecule has 0 spiro atoms. The van der Waals surface area contributed by atoms with Gasteiger partial charge in [-0.3, -0.25) is 0 Å². The number of carbonyl (C=O) groups is 1. The number of nitrogens with one attached hydrogen (secondary N) is 1. The molecule has 1 rings (SSSR count). The lowest BCUT2D eigenvalue weighted by molar-refractivity contribution is 0.0524. The third kappa shape index (κ3) is 4.32. The van der Waals surface area contributed by atoms with Gasteiger partial charge in [0.25, 0.3) is 0 Å². The Morgan fingerprint density at radius 2 is 2.25 bits per heavy atom. The number of carbonyl (C=O) groups excluding carboxylic acids is 1. The maximum absolute atomic E-state index is 11.3. The first kappa shape index (κ1) is 12.5. The number of amides is 1. The zero-order chi connectivity index (χ0) is 12.2. The largest absolute Gasteiger partial charge is 0.444 e. The van der Waals surface area contributed by atoms with Gasteiger partial charge in [-0.1, -0.05) is 6.07 Å². The van der Waals surface area contributed by atoms with E-state index in [1.54, 1.807) is 6.07 Å². The molecule has 1 N–H and O–H groups in total. The van der Waals surface area contributed by atoms with Crippen molar-refractivity contribution in [2.24, 2.45) is 0 Å². The van der Waals surface area contributed by atoms with Crippen LogP contribution < -0.4 is 5.32 Å². The molecule has 0 fully saturated rings. The second-order valence-electron chi connectivity index (χ2n) is 4.21. The van der Waals surface area contributed by atoms with Crippen LogP contribution in [0.25, 0.3) is 4.85 Å². The van der Waals surface area contributed by atoms with Gasteiger partial charge in [0.2, 0.25) is 5.00 Å². The summed E-state index contributed by atoms with van der Waals surface area (Å²) in [5.41, 5.74) is -0.485. The topological polar surface area (TPSA) is 42.7 Å². The molecule has 16 heavy (non-hydrogen) atoms. The van der Waals surface area contributed by atoms with Gasteiger partial charge in [-0.15, -0.1) is 0 Å². The molecule has 86 valence electrons. The summed E-state index contributed by atoms with van der Waals surface area (Å²) in [6, 6.07) is 3.57. The summed E-state index contributed by atoms with van der Waals surface area (Å²) in [7, 11) is 0. The second-order valence-corrected chi connectivity index (χ2v) is 5.35. The highest BCUT2D eigenvalue weighted by atomic mass is 32.1. The quantitative estimate of drug-likeness (QED) is 0.803. The number of thiophene rings is 1. The molecular weight excluding hydrogens is 224 g/mol. The van der Waals surface area contributed by atoms with Gasteiger partial charge in [0.05, 0.1) is 13.1 Å². The number of ether oxygens (including phenoxy) is 1. The molecule has 0 radical (unpaired) electrons. The SMILES string of the molecule is [C-]#[N+]c1ccc(CNC(=O)OC(C)(C)C)s1. The number of nitrogens with zero attached hydrogens (tertiary/aromatic N) is 1. The number of hydrogen-bond donors (Lipinski definition) is 1. The normalized spacial score (nSPS) is 10.6. The summed E-state index contributed by atoms with van der Waals surface area (Å²) in [5, 5.41) is 3.27. The first-order valence-corrected chi connectivity index (χ1v) is 5.65. The second kappa shape index (κ2) is 4.99. The molecule has 1 aromatic heterocycles. The van der Waals surface area contributed by atoms with E-state index in [0.717, 1.165) is 4.88 Å². The zero-order valence-corrected chi connectivity index (χ0v) is 10.4. The summed E-state index contributed by atoms with van der Waals surface area (Å²) < 4.78 is 5.09. The van der Waals surface area contributed by atoms with Crippen LogP contribution in [0, 0.1) is 6.57 Å². The minimum absolute atomic E-state index is 0.398. The van der Waals surface area contributed by atoms with E-state index in [1.807, 2.05) is 26.8 Å². The number of alkyl carbamates (subject to hydrolysis) is 1. The zero-order valence-electron chi connectivity index (χ0n) is 9.53. The van der Waals surface area contributed by atoms with Crippen LogP contribution in [0.5, 0.6) is 0 Å². The maximum atomic E-state index is 11.3. The Hall–Kier alpha value is -1.54. The fourth-order valence-corrected chi connectivity index (χ4v) is 1.73. The molecule has 1 heterocycles. The molecule has 1 amide bonds. The summed E-state index contributed by atoms with van der Waals surface area (Å²) >= 11 is 1.37. The molecule has 0 aliphatic rings. The van der Waals surface area contributed by atoms with Crippen molar-refractivity contribution >= 4 is 22.4 Å². The van der Waals surface area contributed by atoms with E-state index in [0.29, 0.717) is 11.5 Å². The molecule has 0 atom stereocenters. The summed E-state index contributed by atoms with van der Waals surface area (Å²) in [6.07, 6.45) is -0.440. The van der Waals surface area contributed by atoms with Crippen LogP contribution in [0.3, 0.4) is 0 Å². The van der Waals surface area contributed by atoms with Crippen molar-refractivity contribution in [3.8, 4) is 0 Å². The van der Waals surface area contributed by atoms with Crippen molar-refractivity contribution in [3.63, 3.8) is 0 Å². The molecule has 5 heteroatoms. The highest BCUT2D eigenvalue weighted by molar-refractivity contribution is 7.16. The number of hydrogen-bond acceptors (Lipinski definition) is 3. The minimum atomic E-state index is -0.485. The van der Waals surface area contributed by atoms with E-state index >= 15 is 0 Å². The third-order valence-corrected chi connectivity index (χ3v) is 2.54. The van der Waals surface area contributed by atoms with Crippen molar-refractivity contribution in [1.29, 1.82) is 0 Å². The van der Waals surface area contributed by atoms with Gasteiger partial charge in [0.1, 0.15) is 5.60 Å². The van der Waals surface area contributed by atoms with Gasteiger partial charge in [-0.25, -0.2) is 9.64 Å². The van der Waals surface area contributed by atoms with Gasteiger partial charge in [-0.2, -0.15) is 11.3 Å². The predicted octanol–water partition coefficient (Wildman–Crippen LogP) is 3.32. The molecule has 0 unspecified atom stereocenters. The highest BCUT2D eigenvalue weighted by Gasteiger charge is 2.15. The van der Waals surface area contributed by atoms with Crippen LogP contribution >= 0.6 is 11.3 Å². The molecule has 0 saturated carbocycles. The summed E-state index contributed by atoms with van der Waals surface area (Å²) in [6.45, 7) is 12.7. The van der Waals surface area contributed by atoms with Crippen LogP contribution in [0.2, 0.25) is 0 Å². The van der Waals surface area contributed by atoms with Crippen molar-refractivity contribution < 1.29 is 9.53 Å². The van der Waals surface area contributed by atoms with E-state index in [1.165, 1.54) is 11.3 Å². The van der Waals surface area contributed by atoms with Crippen LogP contribution in [0.15, 0.2) is 12.1 Å². The first-order chi connectivity index (χ1) is 7.40. The van der Waals surface area contributed by atoms with Gasteiger partial charge in [0.15, 0.2) is 0 Å². The van der Waals surface area contributed by atoms with Gasteiger partial charge in [0, 0.05) is 4.88 Å². The Labute approximate surface area is 99.1 Å². The van der Waals surface area contributed by atoms with Crippen molar-refractivity contribution in [2.45, 2.75) is 32.9 Å². The lowest BCUT2D eigenvalue weighted by Gasteiger charge is -2.19. The Bertz CT molecular complexity index is 412. The van der Waals surface area contributed by atoms with Crippen molar-refractivity contribution in [1.82, 2.24) is 5.32 Å². The van der Waals surface area contributed by atoms with Crippen LogP contribution in [0.1, 0.15) is 25.6 Å². The molecule has 0 aromatic carbocycles. The predicted molar refractivity (Wildman–Crippen MR) is 63.7 cm³/mol. The molecule has 4 nitrogen and oxygen atoms in total. The third-order valence-electron chi connectivity index (χ3n) is 1.56. The number of rotatable bonds is 2. The smallest absolute Gasteiger partial charge is 0.407 e. The highest BCUT2D eigenvalue weighted by Crippen LogP contribution is 2.24. The van der Waals surface area contributed by atoms with Crippen LogP contribution in [-0.4, -0.2) is 11.7 Å². The van der Waals surface area contributed by atoms with Crippen LogP contribution in [0.4, 0.5) is 9.80 Å².